The van der Waals surface area contributed by atoms with Gasteiger partial charge >= 0.3 is 0 Å². The molecule has 1 atom stereocenters. The van der Waals surface area contributed by atoms with Gasteiger partial charge in [0.25, 0.3) is 0 Å². The van der Waals surface area contributed by atoms with Gasteiger partial charge in [0.1, 0.15) is 11.6 Å². The van der Waals surface area contributed by atoms with E-state index in [2.05, 4.69) is 15.5 Å². The summed E-state index contributed by atoms with van der Waals surface area (Å²) >= 11 is 1.13. The molecule has 1 amide bonds. The van der Waals surface area contributed by atoms with Crippen LogP contribution in [0, 0.1) is 11.6 Å². The monoisotopic (exact) mass is 403 g/mol. The van der Waals surface area contributed by atoms with Crippen molar-refractivity contribution in [2.75, 3.05) is 12.4 Å². The van der Waals surface area contributed by atoms with Crippen molar-refractivity contribution in [2.24, 2.45) is 0 Å². The van der Waals surface area contributed by atoms with Crippen LogP contribution in [0.25, 0.3) is 11.4 Å². The van der Waals surface area contributed by atoms with Gasteiger partial charge in [0.2, 0.25) is 11.1 Å². The van der Waals surface area contributed by atoms with E-state index in [-0.39, 0.29) is 23.1 Å². The van der Waals surface area contributed by atoms with Crippen molar-refractivity contribution < 1.29 is 13.6 Å². The summed E-state index contributed by atoms with van der Waals surface area (Å²) in [6.45, 7) is 2.14. The molecule has 1 aromatic heterocycles. The second kappa shape index (κ2) is 8.83. The van der Waals surface area contributed by atoms with Crippen molar-refractivity contribution in [2.45, 2.75) is 23.8 Å². The van der Waals surface area contributed by atoms with Gasteiger partial charge in [-0.1, -0.05) is 36.0 Å². The van der Waals surface area contributed by atoms with E-state index in [9.17, 15) is 13.6 Å². The number of rotatable bonds is 7. The lowest BCUT2D eigenvalue weighted by molar-refractivity contribution is -0.120. The maximum atomic E-state index is 13.9. The summed E-state index contributed by atoms with van der Waals surface area (Å²) in [7, 11) is 0. The summed E-state index contributed by atoms with van der Waals surface area (Å²) in [5, 5.41) is 10.5. The van der Waals surface area contributed by atoms with Gasteiger partial charge in [-0.15, -0.1) is 10.2 Å². The average Bonchev–Trinajstić information content (AvgIpc) is 3.04. The number of thioether (sulfide) groups is 1. The van der Waals surface area contributed by atoms with Crippen molar-refractivity contribution in [3.05, 3.63) is 65.7 Å². The fourth-order valence-electron chi connectivity index (χ4n) is 2.52. The predicted molar refractivity (Wildman–Crippen MR) is 104 cm³/mol. The predicted octanol–water partition coefficient (Wildman–Crippen LogP) is 2.78. The Labute approximate surface area is 165 Å². The number of amides is 1. The van der Waals surface area contributed by atoms with Gasteiger partial charge in [-0.3, -0.25) is 4.79 Å². The maximum Gasteiger partial charge on any atom is 0.233 e. The molecule has 0 aliphatic heterocycles. The average molecular weight is 403 g/mol. The van der Waals surface area contributed by atoms with E-state index in [0.717, 1.165) is 17.3 Å². The van der Waals surface area contributed by atoms with Crippen LogP contribution in [0.15, 0.2) is 53.7 Å². The molecule has 3 N–H and O–H groups in total. The van der Waals surface area contributed by atoms with Crippen LogP contribution in [0.4, 0.5) is 8.78 Å². The van der Waals surface area contributed by atoms with Crippen LogP contribution in [0.5, 0.6) is 0 Å². The Balaban J connectivity index is 1.57. The fourth-order valence-corrected chi connectivity index (χ4v) is 3.31. The Bertz CT molecular complexity index is 961. The van der Waals surface area contributed by atoms with Crippen LogP contribution in [-0.2, 0) is 11.2 Å². The molecule has 0 unspecified atom stereocenters. The van der Waals surface area contributed by atoms with Crippen molar-refractivity contribution in [1.29, 1.82) is 0 Å². The van der Waals surface area contributed by atoms with Crippen LogP contribution in [-0.4, -0.2) is 32.6 Å². The van der Waals surface area contributed by atoms with Gasteiger partial charge in [0.05, 0.1) is 10.8 Å². The molecule has 0 saturated carbocycles. The quantitative estimate of drug-likeness (QED) is 0.468. The Morgan fingerprint density at radius 2 is 1.89 bits per heavy atom. The highest BCUT2D eigenvalue weighted by molar-refractivity contribution is 8.00. The minimum absolute atomic E-state index is 0.185. The normalized spacial score (nSPS) is 12.0. The Morgan fingerprint density at radius 3 is 2.61 bits per heavy atom. The number of nitrogens with two attached hydrogens (primary N) is 1. The highest BCUT2D eigenvalue weighted by atomic mass is 32.2. The molecule has 0 aliphatic carbocycles. The zero-order valence-electron chi connectivity index (χ0n) is 15.1. The van der Waals surface area contributed by atoms with E-state index in [4.69, 9.17) is 5.84 Å². The summed E-state index contributed by atoms with van der Waals surface area (Å²) in [6, 6.07) is 12.3. The lowest BCUT2D eigenvalue weighted by Crippen LogP contribution is -2.32. The number of carbonyl (C=O) groups is 1. The highest BCUT2D eigenvalue weighted by Gasteiger charge is 2.20. The smallest absolute Gasteiger partial charge is 0.233 e. The zero-order valence-corrected chi connectivity index (χ0v) is 15.9. The summed E-state index contributed by atoms with van der Waals surface area (Å²) in [4.78, 5) is 12.3. The van der Waals surface area contributed by atoms with Crippen LogP contribution in [0.2, 0.25) is 0 Å². The molecular formula is C19H19F2N5OS. The third-order valence-corrected chi connectivity index (χ3v) is 5.11. The minimum Gasteiger partial charge on any atom is -0.355 e. The van der Waals surface area contributed by atoms with Crippen LogP contribution >= 0.6 is 11.8 Å². The number of hydrogen-bond donors (Lipinski definition) is 2. The minimum atomic E-state index is -0.479. The van der Waals surface area contributed by atoms with E-state index in [1.807, 2.05) is 0 Å². The standard InChI is InChI=1S/C19H19F2N5OS/c1-12(18(27)23-11-10-13-6-8-14(20)9-7-13)28-19-25-24-17(26(19)22)15-4-2-3-5-16(15)21/h2-9,12H,10-11,22H2,1H3,(H,23,27)/t12-/m0/s1. The molecule has 3 rings (SSSR count). The second-order valence-electron chi connectivity index (χ2n) is 6.08. The van der Waals surface area contributed by atoms with E-state index in [1.165, 1.54) is 22.9 Å². The molecule has 28 heavy (non-hydrogen) atoms. The molecule has 2 aromatic carbocycles. The zero-order chi connectivity index (χ0) is 20.1. The summed E-state index contributed by atoms with van der Waals surface area (Å²) in [5.74, 6) is 5.23. The molecule has 0 spiro atoms. The third-order valence-electron chi connectivity index (χ3n) is 4.06. The van der Waals surface area contributed by atoms with Crippen molar-refractivity contribution in [1.82, 2.24) is 20.2 Å². The van der Waals surface area contributed by atoms with Gasteiger partial charge in [-0.05, 0) is 43.2 Å². The number of hydrogen-bond acceptors (Lipinski definition) is 5. The van der Waals surface area contributed by atoms with Crippen LogP contribution < -0.4 is 11.2 Å². The van der Waals surface area contributed by atoms with E-state index in [1.54, 1.807) is 37.3 Å². The maximum absolute atomic E-state index is 13.9. The van der Waals surface area contributed by atoms with Crippen molar-refractivity contribution in [3.8, 4) is 11.4 Å². The molecule has 9 heteroatoms. The first kappa shape index (κ1) is 19.8. The molecule has 3 aromatic rings. The SMILES string of the molecule is C[C@H](Sc1nnc(-c2ccccc2F)n1N)C(=O)NCCc1ccc(F)cc1. The number of nitrogen functional groups attached to an aromatic ring is 1. The number of nitrogens with zero attached hydrogens (tertiary/aromatic N) is 3. The number of aromatic nitrogens is 3. The summed E-state index contributed by atoms with van der Waals surface area (Å²) in [5.41, 5.74) is 1.17. The molecule has 6 nitrogen and oxygen atoms in total. The Morgan fingerprint density at radius 1 is 1.18 bits per heavy atom. The summed E-state index contributed by atoms with van der Waals surface area (Å²) in [6.07, 6.45) is 0.591. The van der Waals surface area contributed by atoms with E-state index < -0.39 is 11.1 Å². The van der Waals surface area contributed by atoms with Gasteiger partial charge < -0.3 is 11.2 Å². The largest absolute Gasteiger partial charge is 0.355 e. The molecular weight excluding hydrogens is 384 g/mol. The van der Waals surface area contributed by atoms with Gasteiger partial charge in [-0.25, -0.2) is 13.5 Å². The lowest BCUT2D eigenvalue weighted by Gasteiger charge is -2.11. The molecule has 0 fully saturated rings. The first-order valence-electron chi connectivity index (χ1n) is 8.60. The first-order chi connectivity index (χ1) is 13.5. The second-order valence-corrected chi connectivity index (χ2v) is 7.39. The first-order valence-corrected chi connectivity index (χ1v) is 9.48. The number of benzene rings is 2. The topological polar surface area (TPSA) is 85.8 Å². The third kappa shape index (κ3) is 4.66. The molecule has 0 saturated heterocycles. The number of carbonyl (C=O) groups excluding carboxylic acids is 1. The van der Waals surface area contributed by atoms with Crippen molar-refractivity contribution in [3.63, 3.8) is 0 Å². The van der Waals surface area contributed by atoms with Gasteiger partial charge in [0.15, 0.2) is 5.82 Å². The molecule has 146 valence electrons. The lowest BCUT2D eigenvalue weighted by atomic mass is 10.1. The van der Waals surface area contributed by atoms with Gasteiger partial charge in [0, 0.05) is 6.54 Å². The molecule has 0 radical (unpaired) electrons. The summed E-state index contributed by atoms with van der Waals surface area (Å²) < 4.78 is 28.0. The molecule has 1 heterocycles. The van der Waals surface area contributed by atoms with E-state index in [0.29, 0.717) is 18.1 Å². The Kier molecular flexibility index (Phi) is 6.25. The van der Waals surface area contributed by atoms with Crippen LogP contribution in [0.3, 0.4) is 0 Å². The Hall–Kier alpha value is -2.94. The highest BCUT2D eigenvalue weighted by Crippen LogP contribution is 2.26. The van der Waals surface area contributed by atoms with Gasteiger partial charge in [-0.2, -0.15) is 0 Å². The number of nitrogens with one attached hydrogen (secondary N) is 1. The van der Waals surface area contributed by atoms with E-state index >= 15 is 0 Å². The van der Waals surface area contributed by atoms with Crippen molar-refractivity contribution >= 4 is 17.7 Å². The molecule has 0 bridgehead atoms. The fraction of sp³-hybridized carbons (Fsp3) is 0.211. The molecule has 0 aliphatic rings. The number of halogens is 2. The van der Waals surface area contributed by atoms with Crippen LogP contribution in [0.1, 0.15) is 12.5 Å².